The van der Waals surface area contributed by atoms with Gasteiger partial charge in [-0.25, -0.2) is 0 Å². The van der Waals surface area contributed by atoms with Gasteiger partial charge in [0.1, 0.15) is 5.75 Å². The number of phenols is 2. The quantitative estimate of drug-likeness (QED) is 0.642. The van der Waals surface area contributed by atoms with E-state index in [1.54, 1.807) is 24.3 Å². The number of carbonyl (C=O) groups excluding carboxylic acids is 1. The van der Waals surface area contributed by atoms with Crippen molar-refractivity contribution in [3.63, 3.8) is 0 Å². The third kappa shape index (κ3) is 2.13. The highest BCUT2D eigenvalue weighted by Crippen LogP contribution is 2.28. The van der Waals surface area contributed by atoms with Crippen LogP contribution in [0.3, 0.4) is 0 Å². The number of para-hydroxylation sites is 1. The van der Waals surface area contributed by atoms with Gasteiger partial charge in [0.2, 0.25) is 0 Å². The van der Waals surface area contributed by atoms with E-state index in [4.69, 9.17) is 4.74 Å². The summed E-state index contributed by atoms with van der Waals surface area (Å²) in [6.07, 6.45) is 0. The molecule has 0 heterocycles. The SMILES string of the molecule is COc1ccccc1C(=O)c1ccc(O)c(O)c1. The minimum Gasteiger partial charge on any atom is -0.504 e. The molecule has 0 spiro atoms. The van der Waals surface area contributed by atoms with Crippen molar-refractivity contribution in [3.8, 4) is 17.2 Å². The molecular formula is C14H12O4. The Kier molecular flexibility index (Phi) is 3.19. The van der Waals surface area contributed by atoms with E-state index in [2.05, 4.69) is 0 Å². The van der Waals surface area contributed by atoms with Crippen LogP contribution in [0.5, 0.6) is 17.2 Å². The number of hydrogen-bond donors (Lipinski definition) is 2. The van der Waals surface area contributed by atoms with Crippen LogP contribution in [0.25, 0.3) is 0 Å². The molecule has 0 saturated carbocycles. The number of ketones is 1. The molecule has 0 aromatic heterocycles. The molecule has 0 bridgehead atoms. The van der Waals surface area contributed by atoms with Gasteiger partial charge in [-0.05, 0) is 30.3 Å². The average Bonchev–Trinajstić information content (AvgIpc) is 2.41. The van der Waals surface area contributed by atoms with Gasteiger partial charge in [0.05, 0.1) is 12.7 Å². The van der Waals surface area contributed by atoms with Gasteiger partial charge in [-0.2, -0.15) is 0 Å². The van der Waals surface area contributed by atoms with E-state index in [1.807, 2.05) is 0 Å². The lowest BCUT2D eigenvalue weighted by Crippen LogP contribution is -2.03. The van der Waals surface area contributed by atoms with E-state index in [0.29, 0.717) is 11.3 Å². The summed E-state index contributed by atoms with van der Waals surface area (Å²) >= 11 is 0. The number of aromatic hydroxyl groups is 2. The van der Waals surface area contributed by atoms with E-state index < -0.39 is 0 Å². The highest BCUT2D eigenvalue weighted by molar-refractivity contribution is 6.11. The molecule has 0 aliphatic carbocycles. The molecule has 0 aliphatic heterocycles. The monoisotopic (exact) mass is 244 g/mol. The van der Waals surface area contributed by atoms with Gasteiger partial charge >= 0.3 is 0 Å². The molecule has 4 nitrogen and oxygen atoms in total. The summed E-state index contributed by atoms with van der Waals surface area (Å²) in [6.45, 7) is 0. The van der Waals surface area contributed by atoms with Crippen LogP contribution in [0.2, 0.25) is 0 Å². The second-order valence-corrected chi connectivity index (χ2v) is 3.73. The molecule has 0 aliphatic rings. The van der Waals surface area contributed by atoms with Crippen molar-refractivity contribution in [2.75, 3.05) is 7.11 Å². The lowest BCUT2D eigenvalue weighted by Gasteiger charge is -2.07. The topological polar surface area (TPSA) is 66.8 Å². The van der Waals surface area contributed by atoms with Gasteiger partial charge in [0.15, 0.2) is 17.3 Å². The number of methoxy groups -OCH3 is 1. The minimum absolute atomic E-state index is 0.258. The summed E-state index contributed by atoms with van der Waals surface area (Å²) in [7, 11) is 1.49. The molecule has 0 unspecified atom stereocenters. The molecule has 0 saturated heterocycles. The number of ether oxygens (including phenoxy) is 1. The maximum atomic E-state index is 12.2. The molecule has 2 aromatic rings. The second kappa shape index (κ2) is 4.79. The summed E-state index contributed by atoms with van der Waals surface area (Å²) in [5.41, 5.74) is 0.694. The van der Waals surface area contributed by atoms with Gasteiger partial charge in [-0.1, -0.05) is 12.1 Å². The summed E-state index contributed by atoms with van der Waals surface area (Å²) in [5.74, 6) is -0.389. The van der Waals surface area contributed by atoms with Gasteiger partial charge in [-0.3, -0.25) is 4.79 Å². The summed E-state index contributed by atoms with van der Waals surface area (Å²) in [5, 5.41) is 18.6. The van der Waals surface area contributed by atoms with Crippen LogP contribution in [-0.2, 0) is 0 Å². The van der Waals surface area contributed by atoms with Crippen LogP contribution in [-0.4, -0.2) is 23.1 Å². The Morgan fingerprint density at radius 3 is 2.44 bits per heavy atom. The summed E-state index contributed by atoms with van der Waals surface area (Å²) in [6, 6.07) is 10.8. The van der Waals surface area contributed by atoms with Crippen LogP contribution in [0.4, 0.5) is 0 Å². The number of phenolic OH excluding ortho intramolecular Hbond substituents is 2. The van der Waals surface area contributed by atoms with Gasteiger partial charge < -0.3 is 14.9 Å². The van der Waals surface area contributed by atoms with Gasteiger partial charge in [0, 0.05) is 5.56 Å². The Labute approximate surface area is 104 Å². The maximum Gasteiger partial charge on any atom is 0.196 e. The third-order valence-corrected chi connectivity index (χ3v) is 2.59. The van der Waals surface area contributed by atoms with E-state index >= 15 is 0 Å². The zero-order valence-electron chi connectivity index (χ0n) is 9.75. The highest BCUT2D eigenvalue weighted by atomic mass is 16.5. The molecule has 2 N–H and O–H groups in total. The van der Waals surface area contributed by atoms with E-state index in [0.717, 1.165) is 0 Å². The lowest BCUT2D eigenvalue weighted by molar-refractivity contribution is 0.103. The molecule has 0 amide bonds. The summed E-state index contributed by atoms with van der Waals surface area (Å²) < 4.78 is 5.11. The Morgan fingerprint density at radius 1 is 1.06 bits per heavy atom. The van der Waals surface area contributed by atoms with Crippen molar-refractivity contribution >= 4 is 5.78 Å². The zero-order chi connectivity index (χ0) is 13.1. The fourth-order valence-electron chi connectivity index (χ4n) is 1.65. The van der Waals surface area contributed by atoms with Crippen molar-refractivity contribution in [1.29, 1.82) is 0 Å². The predicted molar refractivity (Wildman–Crippen MR) is 66.2 cm³/mol. The lowest BCUT2D eigenvalue weighted by atomic mass is 10.0. The van der Waals surface area contributed by atoms with E-state index in [9.17, 15) is 15.0 Å². The number of benzene rings is 2. The second-order valence-electron chi connectivity index (χ2n) is 3.73. The first-order valence-corrected chi connectivity index (χ1v) is 5.33. The first kappa shape index (κ1) is 12.0. The molecule has 92 valence electrons. The number of rotatable bonds is 3. The highest BCUT2D eigenvalue weighted by Gasteiger charge is 2.15. The summed E-state index contributed by atoms with van der Waals surface area (Å²) in [4.78, 5) is 12.2. The predicted octanol–water partition coefficient (Wildman–Crippen LogP) is 2.34. The number of carbonyl (C=O) groups is 1. The fourth-order valence-corrected chi connectivity index (χ4v) is 1.65. The maximum absolute atomic E-state index is 12.2. The van der Waals surface area contributed by atoms with Crippen LogP contribution < -0.4 is 4.74 Å². The van der Waals surface area contributed by atoms with Crippen LogP contribution in [0, 0.1) is 0 Å². The third-order valence-electron chi connectivity index (χ3n) is 2.59. The smallest absolute Gasteiger partial charge is 0.196 e. The van der Waals surface area contributed by atoms with Crippen molar-refractivity contribution in [1.82, 2.24) is 0 Å². The molecule has 4 heteroatoms. The molecule has 0 radical (unpaired) electrons. The van der Waals surface area contributed by atoms with E-state index in [1.165, 1.54) is 25.3 Å². The van der Waals surface area contributed by atoms with Crippen LogP contribution in [0.15, 0.2) is 42.5 Å². The Morgan fingerprint density at radius 2 is 1.78 bits per heavy atom. The normalized spacial score (nSPS) is 10.1. The van der Waals surface area contributed by atoms with Crippen molar-refractivity contribution < 1.29 is 19.7 Å². The molecule has 0 fully saturated rings. The fraction of sp³-hybridized carbons (Fsp3) is 0.0714. The van der Waals surface area contributed by atoms with Crippen LogP contribution >= 0.6 is 0 Å². The number of hydrogen-bond acceptors (Lipinski definition) is 4. The zero-order valence-corrected chi connectivity index (χ0v) is 9.75. The van der Waals surface area contributed by atoms with Gasteiger partial charge in [0.25, 0.3) is 0 Å². The molecule has 2 aromatic carbocycles. The van der Waals surface area contributed by atoms with Crippen molar-refractivity contribution in [2.45, 2.75) is 0 Å². The van der Waals surface area contributed by atoms with Crippen LogP contribution in [0.1, 0.15) is 15.9 Å². The van der Waals surface area contributed by atoms with E-state index in [-0.39, 0.29) is 22.8 Å². The first-order valence-electron chi connectivity index (χ1n) is 5.33. The first-order chi connectivity index (χ1) is 8.63. The Bertz CT molecular complexity index is 590. The van der Waals surface area contributed by atoms with Crippen molar-refractivity contribution in [3.05, 3.63) is 53.6 Å². The average molecular weight is 244 g/mol. The molecular weight excluding hydrogens is 232 g/mol. The largest absolute Gasteiger partial charge is 0.504 e. The Balaban J connectivity index is 2.44. The molecule has 0 atom stereocenters. The van der Waals surface area contributed by atoms with Crippen molar-refractivity contribution in [2.24, 2.45) is 0 Å². The molecule has 2 rings (SSSR count). The minimum atomic E-state index is -0.323. The van der Waals surface area contributed by atoms with Gasteiger partial charge in [-0.15, -0.1) is 0 Å². The Hall–Kier alpha value is -2.49. The molecule has 18 heavy (non-hydrogen) atoms. The standard InChI is InChI=1S/C14H12O4/c1-18-13-5-3-2-4-10(13)14(17)9-6-7-11(15)12(16)8-9/h2-8,15-16H,1H3.